The quantitative estimate of drug-likeness (QED) is 0.598. The molecule has 0 saturated carbocycles. The van der Waals surface area contributed by atoms with E-state index in [0.29, 0.717) is 30.9 Å². The van der Waals surface area contributed by atoms with Crippen LogP contribution in [0.3, 0.4) is 0 Å². The van der Waals surface area contributed by atoms with Crippen molar-refractivity contribution in [2.75, 3.05) is 19.8 Å². The Morgan fingerprint density at radius 3 is 2.39 bits per heavy atom. The lowest BCUT2D eigenvalue weighted by molar-refractivity contribution is -0.0475. The van der Waals surface area contributed by atoms with E-state index in [0.717, 1.165) is 19.3 Å². The van der Waals surface area contributed by atoms with Crippen LogP contribution in [0.15, 0.2) is 35.9 Å². The smallest absolute Gasteiger partial charge is 0.261 e. The van der Waals surface area contributed by atoms with Gasteiger partial charge in [-0.05, 0) is 38.3 Å². The van der Waals surface area contributed by atoms with Crippen molar-refractivity contribution in [3.8, 4) is 0 Å². The SMILES string of the molecule is C/C(=C\CN1C(=O)c2ccccc2C1=O)CCCC1OCCO1. The van der Waals surface area contributed by atoms with Gasteiger partial charge < -0.3 is 9.47 Å². The maximum absolute atomic E-state index is 12.3. The second-order valence-electron chi connectivity index (χ2n) is 5.88. The maximum Gasteiger partial charge on any atom is 0.261 e. The fraction of sp³-hybridized carbons (Fsp3) is 0.444. The number of ether oxygens (including phenoxy) is 2. The van der Waals surface area contributed by atoms with Crippen molar-refractivity contribution in [3.63, 3.8) is 0 Å². The fourth-order valence-electron chi connectivity index (χ4n) is 2.88. The molecule has 122 valence electrons. The summed E-state index contributed by atoms with van der Waals surface area (Å²) in [6, 6.07) is 6.96. The number of hydrogen-bond donors (Lipinski definition) is 0. The van der Waals surface area contributed by atoms with Crippen LogP contribution in [0.1, 0.15) is 46.9 Å². The van der Waals surface area contributed by atoms with Crippen LogP contribution in [-0.2, 0) is 9.47 Å². The minimum atomic E-state index is -0.206. The minimum Gasteiger partial charge on any atom is -0.350 e. The lowest BCUT2D eigenvalue weighted by Crippen LogP contribution is -2.29. The van der Waals surface area contributed by atoms with E-state index >= 15 is 0 Å². The molecular formula is C18H21NO4. The standard InChI is InChI=1S/C18H21NO4/c1-13(5-4-8-16-22-11-12-23-16)9-10-19-17(20)14-6-2-3-7-15(14)18(19)21/h2-3,6-7,9,16H,4-5,8,10-12H2,1H3/b13-9+. The minimum absolute atomic E-state index is 0.0703. The van der Waals surface area contributed by atoms with Gasteiger partial charge in [-0.25, -0.2) is 0 Å². The third kappa shape index (κ3) is 3.51. The number of nitrogens with zero attached hydrogens (tertiary/aromatic N) is 1. The van der Waals surface area contributed by atoms with E-state index in [1.807, 2.05) is 13.0 Å². The van der Waals surface area contributed by atoms with E-state index in [1.165, 1.54) is 10.5 Å². The Bertz CT molecular complexity index is 597. The van der Waals surface area contributed by atoms with Crippen molar-refractivity contribution >= 4 is 11.8 Å². The summed E-state index contributed by atoms with van der Waals surface area (Å²) in [6.45, 7) is 3.71. The van der Waals surface area contributed by atoms with Gasteiger partial charge in [-0.2, -0.15) is 0 Å². The van der Waals surface area contributed by atoms with Crippen LogP contribution in [-0.4, -0.2) is 42.8 Å². The molecule has 2 aliphatic rings. The summed E-state index contributed by atoms with van der Waals surface area (Å²) < 4.78 is 10.8. The highest BCUT2D eigenvalue weighted by Gasteiger charge is 2.34. The van der Waals surface area contributed by atoms with Gasteiger partial charge in [0.25, 0.3) is 11.8 Å². The monoisotopic (exact) mass is 315 g/mol. The average molecular weight is 315 g/mol. The van der Waals surface area contributed by atoms with Crippen molar-refractivity contribution in [2.24, 2.45) is 0 Å². The summed E-state index contributed by atoms with van der Waals surface area (Å²) in [4.78, 5) is 25.8. The Hall–Kier alpha value is -1.98. The number of benzene rings is 1. The zero-order valence-electron chi connectivity index (χ0n) is 13.3. The van der Waals surface area contributed by atoms with Gasteiger partial charge >= 0.3 is 0 Å². The summed E-state index contributed by atoms with van der Waals surface area (Å²) in [5.41, 5.74) is 2.16. The molecule has 0 N–H and O–H groups in total. The number of rotatable bonds is 6. The fourth-order valence-corrected chi connectivity index (χ4v) is 2.88. The lowest BCUT2D eigenvalue weighted by Gasteiger charge is -2.12. The molecule has 5 nitrogen and oxygen atoms in total. The van der Waals surface area contributed by atoms with Gasteiger partial charge in [-0.15, -0.1) is 0 Å². The summed E-state index contributed by atoms with van der Waals surface area (Å²) in [6.07, 6.45) is 4.64. The highest BCUT2D eigenvalue weighted by atomic mass is 16.7. The molecule has 0 bridgehead atoms. The zero-order valence-corrected chi connectivity index (χ0v) is 13.3. The molecule has 0 spiro atoms. The summed E-state index contributed by atoms with van der Waals surface area (Å²) in [5.74, 6) is -0.412. The van der Waals surface area contributed by atoms with Crippen molar-refractivity contribution < 1.29 is 19.1 Å². The Morgan fingerprint density at radius 1 is 1.17 bits per heavy atom. The number of fused-ring (bicyclic) bond motifs is 1. The zero-order chi connectivity index (χ0) is 16.2. The van der Waals surface area contributed by atoms with E-state index in [2.05, 4.69) is 0 Å². The molecule has 1 saturated heterocycles. The molecule has 3 rings (SSSR count). The predicted octanol–water partition coefficient (Wildman–Crippen LogP) is 2.77. The topological polar surface area (TPSA) is 55.8 Å². The van der Waals surface area contributed by atoms with Gasteiger partial charge in [0, 0.05) is 6.54 Å². The van der Waals surface area contributed by atoms with E-state index in [1.54, 1.807) is 24.3 Å². The number of amides is 2. The number of imide groups is 1. The molecular weight excluding hydrogens is 294 g/mol. The maximum atomic E-state index is 12.3. The molecule has 1 aromatic rings. The van der Waals surface area contributed by atoms with Gasteiger partial charge in [-0.3, -0.25) is 14.5 Å². The molecule has 1 aromatic carbocycles. The number of carbonyl (C=O) groups is 2. The van der Waals surface area contributed by atoms with E-state index in [-0.39, 0.29) is 18.1 Å². The molecule has 1 fully saturated rings. The van der Waals surface area contributed by atoms with Crippen molar-refractivity contribution in [1.82, 2.24) is 4.90 Å². The van der Waals surface area contributed by atoms with Crippen LogP contribution in [0.4, 0.5) is 0 Å². The third-order valence-electron chi connectivity index (χ3n) is 4.20. The first-order chi connectivity index (χ1) is 11.2. The molecule has 2 amide bonds. The number of carbonyl (C=O) groups excluding carboxylic acids is 2. The second kappa shape index (κ2) is 7.06. The molecule has 23 heavy (non-hydrogen) atoms. The van der Waals surface area contributed by atoms with E-state index < -0.39 is 0 Å². The lowest BCUT2D eigenvalue weighted by atomic mass is 10.1. The van der Waals surface area contributed by atoms with Crippen molar-refractivity contribution in [3.05, 3.63) is 47.0 Å². The molecule has 0 unspecified atom stereocenters. The molecule has 0 radical (unpaired) electrons. The number of hydrogen-bond acceptors (Lipinski definition) is 4. The molecule has 0 atom stereocenters. The van der Waals surface area contributed by atoms with E-state index in [9.17, 15) is 9.59 Å². The Labute approximate surface area is 135 Å². The highest BCUT2D eigenvalue weighted by molar-refractivity contribution is 6.21. The highest BCUT2D eigenvalue weighted by Crippen LogP contribution is 2.22. The Balaban J connectivity index is 1.51. The normalized spacial score (nSPS) is 18.8. The molecule has 2 aliphatic heterocycles. The second-order valence-corrected chi connectivity index (χ2v) is 5.88. The van der Waals surface area contributed by atoms with Crippen LogP contribution in [0.25, 0.3) is 0 Å². The Morgan fingerprint density at radius 2 is 1.78 bits per heavy atom. The molecule has 0 aromatic heterocycles. The van der Waals surface area contributed by atoms with Gasteiger partial charge in [-0.1, -0.05) is 23.8 Å². The van der Waals surface area contributed by atoms with E-state index in [4.69, 9.17) is 9.47 Å². The summed E-state index contributed by atoms with van der Waals surface area (Å²) in [5, 5.41) is 0. The predicted molar refractivity (Wildman–Crippen MR) is 85.1 cm³/mol. The van der Waals surface area contributed by atoms with Gasteiger partial charge in [0.1, 0.15) is 0 Å². The number of allylic oxidation sites excluding steroid dienone is 1. The first-order valence-electron chi connectivity index (χ1n) is 8.01. The van der Waals surface area contributed by atoms with Gasteiger partial charge in [0.05, 0.1) is 24.3 Å². The van der Waals surface area contributed by atoms with Crippen LogP contribution >= 0.6 is 0 Å². The van der Waals surface area contributed by atoms with Crippen LogP contribution < -0.4 is 0 Å². The average Bonchev–Trinajstić information content (AvgIpc) is 3.15. The Kier molecular flexibility index (Phi) is 4.88. The van der Waals surface area contributed by atoms with Crippen molar-refractivity contribution in [1.29, 1.82) is 0 Å². The third-order valence-corrected chi connectivity index (χ3v) is 4.20. The summed E-state index contributed by atoms with van der Waals surface area (Å²) in [7, 11) is 0. The van der Waals surface area contributed by atoms with Crippen LogP contribution in [0, 0.1) is 0 Å². The van der Waals surface area contributed by atoms with Crippen LogP contribution in [0.5, 0.6) is 0 Å². The van der Waals surface area contributed by atoms with Crippen LogP contribution in [0.2, 0.25) is 0 Å². The first kappa shape index (κ1) is 15.9. The van der Waals surface area contributed by atoms with Gasteiger partial charge in [0.15, 0.2) is 6.29 Å². The molecule has 5 heteroatoms. The largest absolute Gasteiger partial charge is 0.350 e. The molecule has 2 heterocycles. The first-order valence-corrected chi connectivity index (χ1v) is 8.01. The summed E-state index contributed by atoms with van der Waals surface area (Å²) >= 11 is 0. The molecule has 0 aliphatic carbocycles. The van der Waals surface area contributed by atoms with Gasteiger partial charge in [0.2, 0.25) is 0 Å². The van der Waals surface area contributed by atoms with Crippen molar-refractivity contribution in [2.45, 2.75) is 32.5 Å².